The molecule has 1 atom stereocenters. The summed E-state index contributed by atoms with van der Waals surface area (Å²) in [6, 6.07) is 3.76. The molecule has 0 heterocycles. The van der Waals surface area contributed by atoms with Gasteiger partial charge < -0.3 is 11.1 Å². The summed E-state index contributed by atoms with van der Waals surface area (Å²) in [6.45, 7) is 1.34. The third-order valence-electron chi connectivity index (χ3n) is 3.88. The lowest BCUT2D eigenvalue weighted by atomic mass is 10.2. The van der Waals surface area contributed by atoms with Gasteiger partial charge in [0.2, 0.25) is 5.91 Å². The van der Waals surface area contributed by atoms with E-state index in [1.54, 1.807) is 0 Å². The van der Waals surface area contributed by atoms with E-state index in [2.05, 4.69) is 5.32 Å². The molecule has 1 unspecified atom stereocenters. The van der Waals surface area contributed by atoms with Gasteiger partial charge in [-0.3, -0.25) is 4.79 Å². The summed E-state index contributed by atoms with van der Waals surface area (Å²) in [7, 11) is -3.55. The van der Waals surface area contributed by atoms with Crippen LogP contribution in [0, 0.1) is 5.82 Å². The summed E-state index contributed by atoms with van der Waals surface area (Å²) in [6.07, 6.45) is 2.91. The fraction of sp³-hybridized carbons (Fsp3) is 0.500. The molecule has 1 aliphatic carbocycles. The number of hydrogen-bond acceptors (Lipinski definition) is 4. The highest BCUT2D eigenvalue weighted by Gasteiger charge is 2.37. The molecule has 0 bridgehead atoms. The quantitative estimate of drug-likeness (QED) is 0.833. The molecule has 1 aliphatic rings. The SMILES string of the molecule is CC(C(=O)Nc1cc(N)ccc1F)S(=O)(=O)C1CCCC1. The van der Waals surface area contributed by atoms with Crippen LogP contribution in [-0.2, 0) is 14.6 Å². The number of amides is 1. The van der Waals surface area contributed by atoms with Gasteiger partial charge in [-0.05, 0) is 38.0 Å². The number of halogens is 1. The Kier molecular flexibility index (Phi) is 4.51. The molecule has 1 saturated carbocycles. The van der Waals surface area contributed by atoms with Gasteiger partial charge in [-0.15, -0.1) is 0 Å². The van der Waals surface area contributed by atoms with Crippen molar-refractivity contribution in [2.75, 3.05) is 11.1 Å². The van der Waals surface area contributed by atoms with Crippen molar-refractivity contribution in [2.24, 2.45) is 0 Å². The summed E-state index contributed by atoms with van der Waals surface area (Å²) < 4.78 is 38.2. The van der Waals surface area contributed by atoms with E-state index in [9.17, 15) is 17.6 Å². The predicted octanol–water partition coefficient (Wildman–Crippen LogP) is 2.09. The van der Waals surface area contributed by atoms with Crippen molar-refractivity contribution in [1.82, 2.24) is 0 Å². The Labute approximate surface area is 123 Å². The Hall–Kier alpha value is -1.63. The predicted molar refractivity (Wildman–Crippen MR) is 80.1 cm³/mol. The number of rotatable bonds is 4. The van der Waals surface area contributed by atoms with Crippen LogP contribution in [0.25, 0.3) is 0 Å². The van der Waals surface area contributed by atoms with Crippen LogP contribution in [0.2, 0.25) is 0 Å². The van der Waals surface area contributed by atoms with Crippen LogP contribution in [0.15, 0.2) is 18.2 Å². The lowest BCUT2D eigenvalue weighted by Gasteiger charge is -2.18. The number of benzene rings is 1. The van der Waals surface area contributed by atoms with Gasteiger partial charge >= 0.3 is 0 Å². The van der Waals surface area contributed by atoms with Crippen molar-refractivity contribution in [3.8, 4) is 0 Å². The molecule has 116 valence electrons. The van der Waals surface area contributed by atoms with E-state index in [0.29, 0.717) is 12.8 Å². The molecule has 3 N–H and O–H groups in total. The molecule has 21 heavy (non-hydrogen) atoms. The molecule has 0 saturated heterocycles. The standard InChI is InChI=1S/C14H19FN2O3S/c1-9(21(19,20)11-4-2-3-5-11)14(18)17-13-8-10(16)6-7-12(13)15/h6-9,11H,2-5,16H2,1H3,(H,17,18). The maximum atomic E-state index is 13.6. The number of carbonyl (C=O) groups excluding carboxylic acids is 1. The average Bonchev–Trinajstić information content (AvgIpc) is 2.96. The topological polar surface area (TPSA) is 89.3 Å². The summed E-state index contributed by atoms with van der Waals surface area (Å²) in [4.78, 5) is 12.1. The maximum Gasteiger partial charge on any atom is 0.242 e. The number of carbonyl (C=O) groups is 1. The molecule has 1 amide bonds. The van der Waals surface area contributed by atoms with Crippen molar-refractivity contribution in [2.45, 2.75) is 43.1 Å². The van der Waals surface area contributed by atoms with E-state index >= 15 is 0 Å². The zero-order valence-electron chi connectivity index (χ0n) is 11.8. The summed E-state index contributed by atoms with van der Waals surface area (Å²) in [5.41, 5.74) is 5.71. The highest BCUT2D eigenvalue weighted by molar-refractivity contribution is 7.93. The van der Waals surface area contributed by atoms with Crippen LogP contribution >= 0.6 is 0 Å². The number of hydrogen-bond donors (Lipinski definition) is 2. The van der Waals surface area contributed by atoms with Gasteiger partial charge in [-0.25, -0.2) is 12.8 Å². The fourth-order valence-corrected chi connectivity index (χ4v) is 4.45. The van der Waals surface area contributed by atoms with Crippen LogP contribution in [-0.4, -0.2) is 24.8 Å². The molecule has 0 spiro atoms. The number of nitrogens with one attached hydrogen (secondary N) is 1. The highest BCUT2D eigenvalue weighted by atomic mass is 32.2. The molecule has 0 radical (unpaired) electrons. The molecular formula is C14H19FN2O3S. The molecular weight excluding hydrogens is 295 g/mol. The van der Waals surface area contributed by atoms with Gasteiger partial charge in [0.25, 0.3) is 0 Å². The molecule has 1 aromatic carbocycles. The molecule has 0 aromatic heterocycles. The molecule has 0 aliphatic heterocycles. The summed E-state index contributed by atoms with van der Waals surface area (Å²) >= 11 is 0. The normalized spacial score (nSPS) is 17.6. The van der Waals surface area contributed by atoms with Gasteiger partial charge in [0, 0.05) is 5.69 Å². The van der Waals surface area contributed by atoms with Crippen molar-refractivity contribution < 1.29 is 17.6 Å². The Morgan fingerprint density at radius 3 is 2.62 bits per heavy atom. The molecule has 5 nitrogen and oxygen atoms in total. The van der Waals surface area contributed by atoms with E-state index in [1.807, 2.05) is 0 Å². The monoisotopic (exact) mass is 314 g/mol. The zero-order valence-corrected chi connectivity index (χ0v) is 12.6. The first-order chi connectivity index (χ1) is 9.82. The Morgan fingerprint density at radius 2 is 2.00 bits per heavy atom. The van der Waals surface area contributed by atoms with Gasteiger partial charge in [-0.2, -0.15) is 0 Å². The van der Waals surface area contributed by atoms with E-state index in [4.69, 9.17) is 5.73 Å². The van der Waals surface area contributed by atoms with Gasteiger partial charge in [-0.1, -0.05) is 12.8 Å². The van der Waals surface area contributed by atoms with Crippen LogP contribution in [0.4, 0.5) is 15.8 Å². The fourth-order valence-electron chi connectivity index (χ4n) is 2.53. The Balaban J connectivity index is 2.14. The van der Waals surface area contributed by atoms with Crippen LogP contribution in [0.5, 0.6) is 0 Å². The van der Waals surface area contributed by atoms with Gasteiger partial charge in [0.1, 0.15) is 11.1 Å². The first-order valence-corrected chi connectivity index (χ1v) is 8.52. The van der Waals surface area contributed by atoms with E-state index < -0.39 is 32.1 Å². The second-order valence-corrected chi connectivity index (χ2v) is 7.92. The first kappa shape index (κ1) is 15.8. The minimum Gasteiger partial charge on any atom is -0.399 e. The van der Waals surface area contributed by atoms with Crippen LogP contribution < -0.4 is 11.1 Å². The number of nitrogen functional groups attached to an aromatic ring is 1. The van der Waals surface area contributed by atoms with E-state index in [-0.39, 0.29) is 11.4 Å². The van der Waals surface area contributed by atoms with Crippen LogP contribution in [0.3, 0.4) is 0 Å². The molecule has 1 fully saturated rings. The van der Waals surface area contributed by atoms with E-state index in [1.165, 1.54) is 19.1 Å². The Morgan fingerprint density at radius 1 is 1.38 bits per heavy atom. The minimum atomic E-state index is -3.55. The van der Waals surface area contributed by atoms with Crippen LogP contribution in [0.1, 0.15) is 32.6 Å². The van der Waals surface area contributed by atoms with Crippen molar-refractivity contribution in [1.29, 1.82) is 0 Å². The molecule has 7 heteroatoms. The minimum absolute atomic E-state index is 0.103. The highest BCUT2D eigenvalue weighted by Crippen LogP contribution is 2.28. The first-order valence-electron chi connectivity index (χ1n) is 6.91. The molecule has 1 aromatic rings. The summed E-state index contributed by atoms with van der Waals surface area (Å²) in [5, 5.41) is 0.632. The van der Waals surface area contributed by atoms with Gasteiger partial charge in [0.15, 0.2) is 9.84 Å². The van der Waals surface area contributed by atoms with Crippen molar-refractivity contribution in [3.63, 3.8) is 0 Å². The lowest BCUT2D eigenvalue weighted by molar-refractivity contribution is -0.115. The largest absolute Gasteiger partial charge is 0.399 e. The summed E-state index contributed by atoms with van der Waals surface area (Å²) in [5.74, 6) is -1.38. The Bertz CT molecular complexity index is 640. The molecule has 2 rings (SSSR count). The zero-order chi connectivity index (χ0) is 15.6. The second-order valence-electron chi connectivity index (χ2n) is 5.37. The number of anilines is 2. The number of sulfone groups is 1. The average molecular weight is 314 g/mol. The van der Waals surface area contributed by atoms with Gasteiger partial charge in [0.05, 0.1) is 10.9 Å². The second kappa shape index (κ2) is 6.01. The van der Waals surface area contributed by atoms with Crippen molar-refractivity contribution in [3.05, 3.63) is 24.0 Å². The van der Waals surface area contributed by atoms with Crippen molar-refractivity contribution >= 4 is 27.1 Å². The number of nitrogens with two attached hydrogens (primary N) is 1. The third-order valence-corrected chi connectivity index (χ3v) is 6.48. The lowest BCUT2D eigenvalue weighted by Crippen LogP contribution is -2.38. The van der Waals surface area contributed by atoms with E-state index in [0.717, 1.165) is 18.9 Å². The maximum absolute atomic E-state index is 13.6. The third kappa shape index (κ3) is 3.34. The smallest absolute Gasteiger partial charge is 0.242 e.